The lowest BCUT2D eigenvalue weighted by molar-refractivity contribution is -0.765. The lowest BCUT2D eigenvalue weighted by Gasteiger charge is -2.22. The molecule has 0 spiro atoms. The number of hydrogen-bond acceptors (Lipinski definition) is 13. The van der Waals surface area contributed by atoms with Gasteiger partial charge in [-0.2, -0.15) is 8.88 Å². The van der Waals surface area contributed by atoms with Gasteiger partial charge in [0.1, 0.15) is 36.1 Å². The molecule has 4 heterocycles. The molecule has 43 heavy (non-hydrogen) atoms. The molecule has 1 amide bonds. The van der Waals surface area contributed by atoms with Crippen molar-refractivity contribution in [1.29, 1.82) is 0 Å². The van der Waals surface area contributed by atoms with E-state index in [1.54, 1.807) is 24.3 Å². The van der Waals surface area contributed by atoms with Crippen molar-refractivity contribution in [1.82, 2.24) is 9.55 Å². The van der Waals surface area contributed by atoms with E-state index in [0.29, 0.717) is 11.0 Å². The fraction of sp³-hybridized carbons (Fsp3) is 0.435. The van der Waals surface area contributed by atoms with Crippen LogP contribution in [0.25, 0.3) is 11.0 Å². The van der Waals surface area contributed by atoms with E-state index in [9.17, 15) is 44.1 Å². The first-order valence-electron chi connectivity index (χ1n) is 12.7. The van der Waals surface area contributed by atoms with Gasteiger partial charge in [0.05, 0.1) is 30.6 Å². The molecule has 9 atom stereocenters. The maximum Gasteiger partial charge on any atom is 0.483 e. The van der Waals surface area contributed by atoms with Gasteiger partial charge in [-0.3, -0.25) is 13.8 Å². The average molecular weight is 647 g/mol. The van der Waals surface area contributed by atoms with Crippen molar-refractivity contribution in [3.8, 4) is 0 Å². The number of phosphoric ester groups is 1. The van der Waals surface area contributed by atoms with Gasteiger partial charge in [0, 0.05) is 6.07 Å². The van der Waals surface area contributed by atoms with Crippen LogP contribution in [-0.2, 0) is 32.0 Å². The number of primary amides is 1. The Balaban J connectivity index is 1.26. The molecule has 0 radical (unpaired) electrons. The van der Waals surface area contributed by atoms with Crippen molar-refractivity contribution in [2.75, 3.05) is 13.2 Å². The molecule has 2 saturated heterocycles. The molecule has 0 saturated carbocycles. The molecule has 0 bridgehead atoms. The fourth-order valence-electron chi connectivity index (χ4n) is 4.73. The normalized spacial score (nSPS) is 30.9. The number of aliphatic hydroxyl groups excluding tert-OH is 4. The number of hydrogen-bond donors (Lipinski definition) is 7. The minimum atomic E-state index is -5.50. The number of phosphoric acid groups is 2. The van der Waals surface area contributed by atoms with E-state index in [0.717, 1.165) is 0 Å². The summed E-state index contributed by atoms with van der Waals surface area (Å²) in [5.74, 6) is -0.761. The van der Waals surface area contributed by atoms with Gasteiger partial charge in [0.15, 0.2) is 24.7 Å². The number of nitrogens with two attached hydrogens (primary N) is 1. The van der Waals surface area contributed by atoms with Gasteiger partial charge in [-0.1, -0.05) is 12.1 Å². The largest absolute Gasteiger partial charge is 0.483 e. The van der Waals surface area contributed by atoms with E-state index in [4.69, 9.17) is 24.3 Å². The van der Waals surface area contributed by atoms with Crippen LogP contribution in [0.5, 0.6) is 0 Å². The zero-order chi connectivity index (χ0) is 31.1. The number of rotatable bonds is 11. The van der Waals surface area contributed by atoms with Crippen LogP contribution < -0.4 is 10.3 Å². The SMILES string of the molecule is NC(=O)c1ccc[n+]([C@@H]2O[C@H](COP(=O)(OC[C@H]3O[C@@H](n4cnc5ccccc54)[C@H](O)[C@@H]3O)OP(=O)(O)O)[C@@H](O)[C@H]2O)c1. The quantitative estimate of drug-likeness (QED) is 0.0933. The number of carbonyl (C=O) groups excluding carboxylic acids is 1. The second-order valence-corrected chi connectivity index (χ2v) is 12.8. The fourth-order valence-corrected chi connectivity index (χ4v) is 6.88. The number of imidazole rings is 1. The maximum absolute atomic E-state index is 13.2. The predicted molar refractivity (Wildman–Crippen MR) is 139 cm³/mol. The Kier molecular flexibility index (Phi) is 9.14. The molecule has 2 aromatic heterocycles. The minimum Gasteiger partial charge on any atom is -0.387 e. The van der Waals surface area contributed by atoms with E-state index >= 15 is 0 Å². The van der Waals surface area contributed by atoms with Crippen molar-refractivity contribution in [2.24, 2.45) is 5.73 Å². The summed E-state index contributed by atoms with van der Waals surface area (Å²) in [4.78, 5) is 34.3. The molecule has 20 heteroatoms. The van der Waals surface area contributed by atoms with Crippen molar-refractivity contribution in [3.05, 3.63) is 60.7 Å². The van der Waals surface area contributed by atoms with E-state index in [1.807, 2.05) is 0 Å². The molecule has 2 aliphatic heterocycles. The Bertz CT molecular complexity index is 1570. The number of nitrogens with zero attached hydrogens (tertiary/aromatic N) is 3. The summed E-state index contributed by atoms with van der Waals surface area (Å²) in [6.45, 7) is -1.68. The number of ether oxygens (including phenoxy) is 2. The second kappa shape index (κ2) is 12.4. The third kappa shape index (κ3) is 6.87. The Morgan fingerprint density at radius 1 is 0.953 bits per heavy atom. The van der Waals surface area contributed by atoms with Crippen molar-refractivity contribution < 1.29 is 71.5 Å². The summed E-state index contributed by atoms with van der Waals surface area (Å²) in [6.07, 6.45) is -7.46. The van der Waals surface area contributed by atoms with Gasteiger partial charge in [-0.15, -0.1) is 0 Å². The smallest absolute Gasteiger partial charge is 0.387 e. The highest BCUT2D eigenvalue weighted by atomic mass is 31.3. The number of carbonyl (C=O) groups is 1. The number of aromatic nitrogens is 3. The van der Waals surface area contributed by atoms with Crippen LogP contribution in [0.3, 0.4) is 0 Å². The van der Waals surface area contributed by atoms with Crippen LogP contribution in [-0.4, -0.2) is 95.5 Å². The highest BCUT2D eigenvalue weighted by Gasteiger charge is 2.51. The van der Waals surface area contributed by atoms with Crippen LogP contribution >= 0.6 is 15.6 Å². The van der Waals surface area contributed by atoms with E-state index in [1.165, 1.54) is 40.0 Å². The van der Waals surface area contributed by atoms with Crippen molar-refractivity contribution in [3.63, 3.8) is 0 Å². The zero-order valence-corrected chi connectivity index (χ0v) is 23.8. The highest BCUT2D eigenvalue weighted by molar-refractivity contribution is 7.61. The number of fused-ring (bicyclic) bond motifs is 1. The molecule has 8 N–H and O–H groups in total. The van der Waals surface area contributed by atoms with Gasteiger partial charge < -0.3 is 50.0 Å². The van der Waals surface area contributed by atoms with Gasteiger partial charge >= 0.3 is 15.6 Å². The van der Waals surface area contributed by atoms with E-state index in [-0.39, 0.29) is 5.56 Å². The number of para-hydroxylation sites is 2. The zero-order valence-electron chi connectivity index (χ0n) is 22.0. The summed E-state index contributed by atoms with van der Waals surface area (Å²) in [6, 6.07) is 9.77. The van der Waals surface area contributed by atoms with Crippen molar-refractivity contribution in [2.45, 2.75) is 49.1 Å². The lowest BCUT2D eigenvalue weighted by atomic mass is 10.1. The first-order valence-corrected chi connectivity index (χ1v) is 15.7. The number of amides is 1. The highest BCUT2D eigenvalue weighted by Crippen LogP contribution is 2.61. The number of pyridine rings is 1. The van der Waals surface area contributed by atoms with Gasteiger partial charge in [0.2, 0.25) is 0 Å². The van der Waals surface area contributed by atoms with Crippen LogP contribution in [0, 0.1) is 0 Å². The van der Waals surface area contributed by atoms with Gasteiger partial charge in [-0.25, -0.2) is 14.1 Å². The minimum absolute atomic E-state index is 0.0744. The van der Waals surface area contributed by atoms with Crippen molar-refractivity contribution >= 4 is 32.6 Å². The molecule has 18 nitrogen and oxygen atoms in total. The first kappa shape index (κ1) is 31.7. The van der Waals surface area contributed by atoms with E-state index < -0.39 is 83.8 Å². The molecule has 0 aliphatic carbocycles. The Morgan fingerprint density at radius 3 is 2.28 bits per heavy atom. The molecule has 2 aliphatic rings. The monoisotopic (exact) mass is 647 g/mol. The Hall–Kier alpha value is -2.67. The molecule has 1 unspecified atom stereocenters. The molecule has 1 aromatic carbocycles. The third-order valence-electron chi connectivity index (χ3n) is 6.83. The summed E-state index contributed by atoms with van der Waals surface area (Å²) in [7, 11) is -10.7. The predicted octanol–water partition coefficient (Wildman–Crippen LogP) is -1.39. The topological polar surface area (TPSA) is 266 Å². The van der Waals surface area contributed by atoms with Crippen LogP contribution in [0.4, 0.5) is 0 Å². The average Bonchev–Trinajstić information content (AvgIpc) is 3.59. The molecular weight excluding hydrogens is 618 g/mol. The molecular formula is C23H29N4O14P2+. The Morgan fingerprint density at radius 2 is 1.60 bits per heavy atom. The molecule has 5 rings (SSSR count). The summed E-state index contributed by atoms with van der Waals surface area (Å²) >= 11 is 0. The molecule has 234 valence electrons. The summed E-state index contributed by atoms with van der Waals surface area (Å²) < 4.78 is 53.2. The third-order valence-corrected chi connectivity index (χ3v) is 9.41. The lowest BCUT2D eigenvalue weighted by Crippen LogP contribution is -2.46. The van der Waals surface area contributed by atoms with Gasteiger partial charge in [0.25, 0.3) is 12.1 Å². The molecule has 2 fully saturated rings. The number of benzene rings is 1. The van der Waals surface area contributed by atoms with E-state index in [2.05, 4.69) is 9.29 Å². The second-order valence-electron chi connectivity index (χ2n) is 9.75. The summed E-state index contributed by atoms with van der Waals surface area (Å²) in [5, 5.41) is 42.2. The standard InChI is InChI=1S/C23H28N4O14P2/c24-21(32)12-4-3-7-26(8-12)22-19(30)17(28)15(39-22)9-37-43(36,41-42(33,34)35)38-10-16-18(29)20(31)23(40-16)27-11-25-13-5-1-2-6-14(13)27/h1-8,11,15-20,22-23,28-31H,9-10H2,(H3-,24,32,33,34,35)/p+1/t15-,16-,17-,18-,19-,20-,22-,23-,43?/m1/s1. The first-order chi connectivity index (χ1) is 20.3. The van der Waals surface area contributed by atoms with Gasteiger partial charge in [-0.05, 0) is 18.2 Å². The maximum atomic E-state index is 13.2. The van der Waals surface area contributed by atoms with Crippen LogP contribution in [0.15, 0.2) is 55.1 Å². The van der Waals surface area contributed by atoms with Crippen LogP contribution in [0.1, 0.15) is 22.8 Å². The summed E-state index contributed by atoms with van der Waals surface area (Å²) in [5.41, 5.74) is 6.51. The Labute approximate surface area is 242 Å². The van der Waals surface area contributed by atoms with Crippen LogP contribution in [0.2, 0.25) is 0 Å². The molecule has 3 aromatic rings. The number of aliphatic hydroxyl groups is 4.